The average molecular weight is 228 g/mol. The second-order valence-corrected chi connectivity index (χ2v) is 2.95. The van der Waals surface area contributed by atoms with E-state index in [1.165, 1.54) is 0 Å². The zero-order valence-corrected chi connectivity index (χ0v) is 8.60. The molecule has 1 aromatic heterocycles. The lowest BCUT2D eigenvalue weighted by molar-refractivity contribution is -0.139. The Morgan fingerprint density at radius 2 is 2.31 bits per heavy atom. The fraction of sp³-hybridized carbons (Fsp3) is 0.571. The molecule has 0 radical (unpaired) electrons. The number of urea groups is 1. The zero-order chi connectivity index (χ0) is 12.0. The first-order valence-corrected chi connectivity index (χ1v) is 4.63. The normalized spacial score (nSPS) is 11.8. The van der Waals surface area contributed by atoms with E-state index in [4.69, 9.17) is 5.11 Å². The molecule has 16 heavy (non-hydrogen) atoms. The van der Waals surface area contributed by atoms with Crippen molar-refractivity contribution in [2.24, 2.45) is 0 Å². The summed E-state index contributed by atoms with van der Waals surface area (Å²) in [6.45, 7) is 1.75. The summed E-state index contributed by atoms with van der Waals surface area (Å²) in [6, 6.07) is -1.48. The average Bonchev–Trinajstić information content (AvgIpc) is 2.75. The highest BCUT2D eigenvalue weighted by Crippen LogP contribution is 1.90. The molecule has 0 aliphatic carbocycles. The van der Waals surface area contributed by atoms with Crippen molar-refractivity contribution >= 4 is 12.0 Å². The van der Waals surface area contributed by atoms with Gasteiger partial charge in [0.15, 0.2) is 5.82 Å². The Balaban J connectivity index is 2.33. The summed E-state index contributed by atoms with van der Waals surface area (Å²) in [7, 11) is 0. The summed E-state index contributed by atoms with van der Waals surface area (Å²) in [5, 5.41) is 26.2. The number of carbonyl (C=O) groups excluding carboxylic acids is 1. The van der Waals surface area contributed by atoms with Gasteiger partial charge in [-0.3, -0.25) is 0 Å². The van der Waals surface area contributed by atoms with E-state index in [-0.39, 0.29) is 6.54 Å². The number of carboxylic acids is 1. The fourth-order valence-electron chi connectivity index (χ4n) is 0.964. The van der Waals surface area contributed by atoms with Crippen LogP contribution in [0.15, 0.2) is 0 Å². The largest absolute Gasteiger partial charge is 0.480 e. The highest BCUT2D eigenvalue weighted by Gasteiger charge is 2.17. The van der Waals surface area contributed by atoms with Crippen molar-refractivity contribution < 1.29 is 14.7 Å². The molecular weight excluding hydrogens is 216 g/mol. The molecule has 1 rings (SSSR count). The third kappa shape index (κ3) is 3.52. The number of nitrogens with one attached hydrogen (secondary N) is 3. The monoisotopic (exact) mass is 228 g/mol. The molecule has 2 amide bonds. The quantitative estimate of drug-likeness (QED) is 0.503. The lowest BCUT2D eigenvalue weighted by Crippen LogP contribution is -2.45. The number of carbonyl (C=O) groups is 2. The van der Waals surface area contributed by atoms with E-state index in [0.717, 1.165) is 0 Å². The van der Waals surface area contributed by atoms with Gasteiger partial charge in [-0.1, -0.05) is 12.1 Å². The van der Waals surface area contributed by atoms with Crippen LogP contribution in [-0.4, -0.2) is 43.8 Å². The minimum Gasteiger partial charge on any atom is -0.480 e. The molecule has 4 N–H and O–H groups in total. The number of rotatable bonds is 5. The van der Waals surface area contributed by atoms with Gasteiger partial charge in [-0.2, -0.15) is 5.21 Å². The molecule has 88 valence electrons. The molecule has 0 spiro atoms. The summed E-state index contributed by atoms with van der Waals surface area (Å²) in [5.41, 5.74) is 0. The van der Waals surface area contributed by atoms with E-state index in [9.17, 15) is 9.59 Å². The van der Waals surface area contributed by atoms with Crippen molar-refractivity contribution in [3.05, 3.63) is 5.82 Å². The second kappa shape index (κ2) is 5.63. The smallest absolute Gasteiger partial charge is 0.326 e. The molecule has 0 aliphatic heterocycles. The summed E-state index contributed by atoms with van der Waals surface area (Å²) in [6.07, 6.45) is 0.310. The SMILES string of the molecule is CCC(NC(=O)NCc1nn[nH]n1)C(=O)O. The van der Waals surface area contributed by atoms with Gasteiger partial charge in [0.25, 0.3) is 0 Å². The highest BCUT2D eigenvalue weighted by atomic mass is 16.4. The van der Waals surface area contributed by atoms with Crippen LogP contribution in [0.2, 0.25) is 0 Å². The first-order valence-electron chi connectivity index (χ1n) is 4.63. The van der Waals surface area contributed by atoms with Gasteiger partial charge in [-0.25, -0.2) is 9.59 Å². The maximum absolute atomic E-state index is 11.2. The van der Waals surface area contributed by atoms with E-state index in [1.807, 2.05) is 0 Å². The van der Waals surface area contributed by atoms with E-state index >= 15 is 0 Å². The molecule has 0 saturated carbocycles. The second-order valence-electron chi connectivity index (χ2n) is 2.95. The van der Waals surface area contributed by atoms with E-state index in [1.54, 1.807) is 6.92 Å². The zero-order valence-electron chi connectivity index (χ0n) is 8.60. The number of tetrazole rings is 1. The summed E-state index contributed by atoms with van der Waals surface area (Å²) in [5.74, 6) is -0.754. The Bertz CT molecular complexity index is 351. The molecule has 0 aliphatic rings. The Hall–Kier alpha value is -2.19. The van der Waals surface area contributed by atoms with Crippen LogP contribution in [0.25, 0.3) is 0 Å². The molecule has 0 bridgehead atoms. The number of carboxylic acid groups (broad SMARTS) is 1. The third-order valence-corrected chi connectivity index (χ3v) is 1.81. The van der Waals surface area contributed by atoms with Crippen LogP contribution in [0.3, 0.4) is 0 Å². The minimum atomic E-state index is -1.07. The van der Waals surface area contributed by atoms with Gasteiger partial charge in [0.05, 0.1) is 6.54 Å². The first-order chi connectivity index (χ1) is 7.63. The van der Waals surface area contributed by atoms with Crippen LogP contribution < -0.4 is 10.6 Å². The van der Waals surface area contributed by atoms with Crippen LogP contribution in [0.4, 0.5) is 4.79 Å². The first kappa shape index (κ1) is 11.9. The number of H-pyrrole nitrogens is 1. The van der Waals surface area contributed by atoms with E-state index < -0.39 is 18.0 Å². The number of aromatic amines is 1. The molecule has 1 unspecified atom stereocenters. The predicted octanol–water partition coefficient (Wildman–Crippen LogP) is -1.14. The minimum absolute atomic E-state index is 0.0817. The predicted molar refractivity (Wildman–Crippen MR) is 51.3 cm³/mol. The molecule has 0 aromatic carbocycles. The molecule has 9 heteroatoms. The Kier molecular flexibility index (Phi) is 4.18. The molecule has 1 aromatic rings. The van der Waals surface area contributed by atoms with Gasteiger partial charge in [0.2, 0.25) is 0 Å². The maximum atomic E-state index is 11.2. The number of aliphatic carboxylic acids is 1. The van der Waals surface area contributed by atoms with Crippen molar-refractivity contribution in [1.82, 2.24) is 31.3 Å². The van der Waals surface area contributed by atoms with Crippen molar-refractivity contribution in [2.75, 3.05) is 0 Å². The number of aromatic nitrogens is 4. The molecule has 1 heterocycles. The molecule has 9 nitrogen and oxygen atoms in total. The van der Waals surface area contributed by atoms with Gasteiger partial charge in [0.1, 0.15) is 6.04 Å². The van der Waals surface area contributed by atoms with Gasteiger partial charge in [0, 0.05) is 0 Å². The van der Waals surface area contributed by atoms with E-state index in [0.29, 0.717) is 12.2 Å². The molecular formula is C7H12N6O3. The molecule has 1 atom stereocenters. The number of amides is 2. The van der Waals surface area contributed by atoms with Crippen LogP contribution in [0.5, 0.6) is 0 Å². The number of hydrogen-bond acceptors (Lipinski definition) is 5. The van der Waals surface area contributed by atoms with E-state index in [2.05, 4.69) is 31.3 Å². The maximum Gasteiger partial charge on any atom is 0.326 e. The van der Waals surface area contributed by atoms with Crippen LogP contribution in [0, 0.1) is 0 Å². The Morgan fingerprint density at radius 3 is 2.81 bits per heavy atom. The lowest BCUT2D eigenvalue weighted by Gasteiger charge is -2.12. The number of hydrogen-bond donors (Lipinski definition) is 4. The Morgan fingerprint density at radius 1 is 1.56 bits per heavy atom. The van der Waals surface area contributed by atoms with Crippen molar-refractivity contribution in [3.63, 3.8) is 0 Å². The van der Waals surface area contributed by atoms with Gasteiger partial charge in [-0.15, -0.1) is 10.2 Å². The van der Waals surface area contributed by atoms with Crippen molar-refractivity contribution in [3.8, 4) is 0 Å². The summed E-state index contributed by atoms with van der Waals surface area (Å²) >= 11 is 0. The molecule has 0 fully saturated rings. The van der Waals surface area contributed by atoms with Gasteiger partial charge in [-0.05, 0) is 6.42 Å². The Labute approximate surface area is 90.6 Å². The summed E-state index contributed by atoms with van der Waals surface area (Å²) in [4.78, 5) is 21.9. The van der Waals surface area contributed by atoms with Crippen LogP contribution in [0.1, 0.15) is 19.2 Å². The number of nitrogens with zero attached hydrogens (tertiary/aromatic N) is 3. The lowest BCUT2D eigenvalue weighted by atomic mass is 10.2. The van der Waals surface area contributed by atoms with Crippen LogP contribution in [-0.2, 0) is 11.3 Å². The van der Waals surface area contributed by atoms with Crippen molar-refractivity contribution in [2.45, 2.75) is 25.9 Å². The summed E-state index contributed by atoms with van der Waals surface area (Å²) < 4.78 is 0. The van der Waals surface area contributed by atoms with Gasteiger partial charge < -0.3 is 15.7 Å². The topological polar surface area (TPSA) is 133 Å². The fourth-order valence-corrected chi connectivity index (χ4v) is 0.964. The molecule has 0 saturated heterocycles. The highest BCUT2D eigenvalue weighted by molar-refractivity contribution is 5.82. The van der Waals surface area contributed by atoms with Crippen LogP contribution >= 0.6 is 0 Å². The standard InChI is InChI=1S/C7H12N6O3/c1-2-4(6(14)15)9-7(16)8-3-5-10-12-13-11-5/h4H,2-3H2,1H3,(H,14,15)(H2,8,9,16)(H,10,11,12,13). The third-order valence-electron chi connectivity index (χ3n) is 1.81. The van der Waals surface area contributed by atoms with Crippen molar-refractivity contribution in [1.29, 1.82) is 0 Å². The van der Waals surface area contributed by atoms with Gasteiger partial charge >= 0.3 is 12.0 Å².